The van der Waals surface area contributed by atoms with Crippen LogP contribution in [0.4, 0.5) is 5.69 Å². The summed E-state index contributed by atoms with van der Waals surface area (Å²) in [7, 11) is 0. The van der Waals surface area contributed by atoms with E-state index in [0.29, 0.717) is 10.8 Å². The Kier molecular flexibility index (Phi) is 5.45. The number of benzene rings is 1. The first kappa shape index (κ1) is 14.6. The summed E-state index contributed by atoms with van der Waals surface area (Å²) >= 11 is 3.46. The van der Waals surface area contributed by atoms with Crippen molar-refractivity contribution in [3.63, 3.8) is 0 Å². The van der Waals surface area contributed by atoms with Crippen LogP contribution < -0.4 is 5.32 Å². The molecule has 0 spiro atoms. The minimum atomic E-state index is -0.858. The molecule has 1 aromatic rings. The van der Waals surface area contributed by atoms with Gasteiger partial charge in [0.05, 0.1) is 5.56 Å². The van der Waals surface area contributed by atoms with E-state index in [2.05, 4.69) is 5.32 Å². The van der Waals surface area contributed by atoms with Crippen LogP contribution in [0.15, 0.2) is 23.1 Å². The van der Waals surface area contributed by atoms with Crippen molar-refractivity contribution in [3.05, 3.63) is 23.8 Å². The molecule has 5 heteroatoms. The number of carboxylic acid groups (broad SMARTS) is 1. The quantitative estimate of drug-likeness (QED) is 0.810. The van der Waals surface area contributed by atoms with Crippen LogP contribution in [-0.2, 0) is 0 Å². The summed E-state index contributed by atoms with van der Waals surface area (Å²) in [5.41, 5.74) is 1.14. The molecule has 0 aliphatic carbocycles. The molecule has 104 valence electrons. The van der Waals surface area contributed by atoms with Gasteiger partial charge in [0.25, 0.3) is 0 Å². The molecular weight excluding hydrogens is 278 g/mol. The van der Waals surface area contributed by atoms with Crippen molar-refractivity contribution in [1.82, 2.24) is 0 Å². The Balaban J connectivity index is 2.08. The van der Waals surface area contributed by atoms with E-state index in [4.69, 9.17) is 0 Å². The first-order valence-electron chi connectivity index (χ1n) is 6.48. The molecule has 0 aromatic heterocycles. The molecular formula is C14H19NO2S2. The third-order valence-electron chi connectivity index (χ3n) is 3.25. The van der Waals surface area contributed by atoms with Crippen molar-refractivity contribution in [2.24, 2.45) is 0 Å². The third kappa shape index (κ3) is 3.83. The maximum absolute atomic E-state index is 11.4. The predicted molar refractivity (Wildman–Crippen MR) is 83.8 cm³/mol. The Bertz CT molecular complexity index is 445. The van der Waals surface area contributed by atoms with Gasteiger partial charge < -0.3 is 10.4 Å². The second-order valence-corrected chi connectivity index (χ2v) is 6.81. The van der Waals surface area contributed by atoms with Crippen LogP contribution >= 0.6 is 23.5 Å². The second kappa shape index (κ2) is 7.10. The maximum Gasteiger partial charge on any atom is 0.338 e. The topological polar surface area (TPSA) is 49.3 Å². The molecule has 0 bridgehead atoms. The van der Waals surface area contributed by atoms with Gasteiger partial charge in [0.2, 0.25) is 0 Å². The summed E-state index contributed by atoms with van der Waals surface area (Å²) in [6.07, 6.45) is 5.73. The van der Waals surface area contributed by atoms with Gasteiger partial charge >= 0.3 is 5.97 Å². The van der Waals surface area contributed by atoms with Gasteiger partial charge in [0, 0.05) is 22.4 Å². The Morgan fingerprint density at radius 3 is 3.00 bits per heavy atom. The monoisotopic (exact) mass is 297 g/mol. The average Bonchev–Trinajstić information content (AvgIpc) is 2.45. The third-order valence-corrected chi connectivity index (χ3v) is 5.43. The van der Waals surface area contributed by atoms with Gasteiger partial charge in [-0.05, 0) is 37.0 Å². The fraction of sp³-hybridized carbons (Fsp3) is 0.500. The van der Waals surface area contributed by atoms with Crippen LogP contribution in [0.5, 0.6) is 0 Å². The minimum absolute atomic E-state index is 0.399. The van der Waals surface area contributed by atoms with E-state index in [-0.39, 0.29) is 0 Å². The Hall–Kier alpha value is -0.810. The summed E-state index contributed by atoms with van der Waals surface area (Å²) in [4.78, 5) is 12.2. The molecule has 1 aliphatic heterocycles. The smallest absolute Gasteiger partial charge is 0.338 e. The highest BCUT2D eigenvalue weighted by Crippen LogP contribution is 2.29. The molecule has 2 rings (SSSR count). The Morgan fingerprint density at radius 2 is 2.37 bits per heavy atom. The molecule has 1 saturated heterocycles. The second-order valence-electron chi connectivity index (χ2n) is 4.56. The maximum atomic E-state index is 11.4. The Morgan fingerprint density at radius 1 is 1.53 bits per heavy atom. The highest BCUT2D eigenvalue weighted by atomic mass is 32.2. The molecule has 0 saturated carbocycles. The van der Waals surface area contributed by atoms with Crippen molar-refractivity contribution in [3.8, 4) is 0 Å². The zero-order valence-electron chi connectivity index (χ0n) is 11.0. The summed E-state index contributed by atoms with van der Waals surface area (Å²) in [6, 6.07) is 5.62. The van der Waals surface area contributed by atoms with Gasteiger partial charge in [-0.1, -0.05) is 12.5 Å². The van der Waals surface area contributed by atoms with Crippen LogP contribution in [0.3, 0.4) is 0 Å². The molecule has 1 unspecified atom stereocenters. The lowest BCUT2D eigenvalue weighted by molar-refractivity contribution is 0.0694. The predicted octanol–water partition coefficient (Wildman–Crippen LogP) is 3.80. The first-order valence-corrected chi connectivity index (χ1v) is 8.75. The van der Waals surface area contributed by atoms with Gasteiger partial charge in [0.15, 0.2) is 0 Å². The number of aromatic carboxylic acids is 1. The number of thioether (sulfide) groups is 2. The van der Waals surface area contributed by atoms with Gasteiger partial charge in [-0.2, -0.15) is 11.8 Å². The lowest BCUT2D eigenvalue weighted by Crippen LogP contribution is -2.21. The van der Waals surface area contributed by atoms with Crippen LogP contribution in [-0.4, -0.2) is 34.9 Å². The number of rotatable bonds is 5. The lowest BCUT2D eigenvalue weighted by atomic mass is 10.1. The van der Waals surface area contributed by atoms with Crippen molar-refractivity contribution in [1.29, 1.82) is 0 Å². The molecule has 19 heavy (non-hydrogen) atoms. The van der Waals surface area contributed by atoms with E-state index in [1.54, 1.807) is 0 Å². The summed E-state index contributed by atoms with van der Waals surface area (Å²) in [6.45, 7) is 0.850. The minimum Gasteiger partial charge on any atom is -0.478 e. The van der Waals surface area contributed by atoms with E-state index in [1.807, 2.05) is 36.2 Å². The number of anilines is 1. The van der Waals surface area contributed by atoms with Crippen molar-refractivity contribution >= 4 is 35.2 Å². The molecule has 1 aromatic carbocycles. The molecule has 1 heterocycles. The van der Waals surface area contributed by atoms with E-state index in [0.717, 1.165) is 17.1 Å². The van der Waals surface area contributed by atoms with Crippen molar-refractivity contribution < 1.29 is 9.90 Å². The highest BCUT2D eigenvalue weighted by Gasteiger charge is 2.17. The van der Waals surface area contributed by atoms with Crippen LogP contribution in [0.25, 0.3) is 0 Å². The molecule has 2 N–H and O–H groups in total. The van der Waals surface area contributed by atoms with Crippen LogP contribution in [0.2, 0.25) is 0 Å². The first-order chi connectivity index (χ1) is 9.22. The van der Waals surface area contributed by atoms with Crippen LogP contribution in [0.1, 0.15) is 29.6 Å². The number of nitrogens with one attached hydrogen (secondary N) is 1. The highest BCUT2D eigenvalue weighted by molar-refractivity contribution is 8.00. The number of hydrogen-bond donors (Lipinski definition) is 2. The molecule has 1 aliphatic rings. The fourth-order valence-corrected chi connectivity index (χ4v) is 4.12. The van der Waals surface area contributed by atoms with Crippen LogP contribution in [0, 0.1) is 0 Å². The lowest BCUT2D eigenvalue weighted by Gasteiger charge is -2.22. The van der Waals surface area contributed by atoms with Gasteiger partial charge in [0.1, 0.15) is 0 Å². The number of carbonyl (C=O) groups is 1. The summed E-state index contributed by atoms with van der Waals surface area (Å²) < 4.78 is 0. The van der Waals surface area contributed by atoms with E-state index < -0.39 is 5.97 Å². The van der Waals surface area contributed by atoms with Crippen molar-refractivity contribution in [2.45, 2.75) is 29.4 Å². The standard InChI is InChI=1S/C14H19NO2S2/c1-18-12-7-4-6-11(13(12)14(16)17)15-9-10-5-2-3-8-19-10/h4,6-7,10,15H,2-3,5,8-9H2,1H3,(H,16,17). The zero-order chi connectivity index (χ0) is 13.7. The number of carboxylic acids is 1. The average molecular weight is 297 g/mol. The molecule has 0 radical (unpaired) electrons. The van der Waals surface area contributed by atoms with Gasteiger partial charge in [-0.25, -0.2) is 4.79 Å². The van der Waals surface area contributed by atoms with E-state index in [9.17, 15) is 9.90 Å². The van der Waals surface area contributed by atoms with Gasteiger partial charge in [-0.15, -0.1) is 11.8 Å². The fourth-order valence-electron chi connectivity index (χ4n) is 2.26. The molecule has 1 fully saturated rings. The number of hydrogen-bond acceptors (Lipinski definition) is 4. The normalized spacial score (nSPS) is 19.1. The summed E-state index contributed by atoms with van der Waals surface area (Å²) in [5, 5.41) is 13.3. The molecule has 1 atom stereocenters. The summed E-state index contributed by atoms with van der Waals surface area (Å²) in [5.74, 6) is 0.368. The SMILES string of the molecule is CSc1cccc(NCC2CCCCS2)c1C(=O)O. The largest absolute Gasteiger partial charge is 0.478 e. The molecule has 0 amide bonds. The zero-order valence-corrected chi connectivity index (χ0v) is 12.6. The van der Waals surface area contributed by atoms with E-state index in [1.165, 1.54) is 36.8 Å². The van der Waals surface area contributed by atoms with E-state index >= 15 is 0 Å². The van der Waals surface area contributed by atoms with Gasteiger partial charge in [-0.3, -0.25) is 0 Å². The Labute approximate surface area is 122 Å². The van der Waals surface area contributed by atoms with Crippen molar-refractivity contribution in [2.75, 3.05) is 23.9 Å². The molecule has 3 nitrogen and oxygen atoms in total.